The van der Waals surface area contributed by atoms with E-state index in [1.807, 2.05) is 45.0 Å². The van der Waals surface area contributed by atoms with E-state index in [0.717, 1.165) is 17.9 Å². The van der Waals surface area contributed by atoms with E-state index in [2.05, 4.69) is 24.5 Å². The Morgan fingerprint density at radius 1 is 1.29 bits per heavy atom. The lowest BCUT2D eigenvalue weighted by Crippen LogP contribution is -2.41. The number of carbonyl (C=O) groups is 1. The van der Waals surface area contributed by atoms with Gasteiger partial charge < -0.3 is 15.4 Å². The lowest BCUT2D eigenvalue weighted by Gasteiger charge is -2.20. The van der Waals surface area contributed by atoms with Crippen LogP contribution >= 0.6 is 0 Å². The molecule has 2 N–H and O–H groups in total. The van der Waals surface area contributed by atoms with Crippen LogP contribution in [0.25, 0.3) is 0 Å². The highest BCUT2D eigenvalue weighted by Gasteiger charge is 2.11. The van der Waals surface area contributed by atoms with Crippen molar-refractivity contribution < 1.29 is 9.53 Å². The molecule has 4 heteroatoms. The first kappa shape index (κ1) is 17.5. The maximum atomic E-state index is 11.9. The van der Waals surface area contributed by atoms with Crippen molar-refractivity contribution in [3.63, 3.8) is 0 Å². The van der Waals surface area contributed by atoms with Crippen LogP contribution in [0.4, 0.5) is 5.69 Å². The number of benzene rings is 1. The molecular weight excluding hydrogens is 264 g/mol. The number of hydrogen-bond acceptors (Lipinski definition) is 3. The minimum atomic E-state index is -0.0703. The number of rotatable bonds is 7. The fraction of sp³-hybridized carbons (Fsp3) is 0.588. The number of amides is 1. The molecule has 0 bridgehead atoms. The summed E-state index contributed by atoms with van der Waals surface area (Å²) in [6.45, 7) is 11.4. The zero-order chi connectivity index (χ0) is 15.9. The summed E-state index contributed by atoms with van der Waals surface area (Å²) in [7, 11) is 0. The van der Waals surface area contributed by atoms with E-state index in [9.17, 15) is 4.79 Å². The molecule has 0 aromatic heterocycles. The maximum absolute atomic E-state index is 11.9. The smallest absolute Gasteiger partial charge is 0.238 e. The Hall–Kier alpha value is -1.55. The molecule has 0 heterocycles. The van der Waals surface area contributed by atoms with Gasteiger partial charge in [-0.25, -0.2) is 0 Å². The molecule has 0 radical (unpaired) electrons. The van der Waals surface area contributed by atoms with Crippen LogP contribution in [0.1, 0.15) is 41.0 Å². The minimum absolute atomic E-state index is 0.0516. The molecule has 21 heavy (non-hydrogen) atoms. The summed E-state index contributed by atoms with van der Waals surface area (Å²) < 4.78 is 5.69. The van der Waals surface area contributed by atoms with Crippen molar-refractivity contribution in [2.24, 2.45) is 5.92 Å². The third-order valence-corrected chi connectivity index (χ3v) is 2.86. The Labute approximate surface area is 128 Å². The van der Waals surface area contributed by atoms with Gasteiger partial charge >= 0.3 is 0 Å². The van der Waals surface area contributed by atoms with E-state index >= 15 is 0 Å². The predicted octanol–water partition coefficient (Wildman–Crippen LogP) is 3.44. The van der Waals surface area contributed by atoms with Crippen molar-refractivity contribution in [3.8, 4) is 5.75 Å². The second-order valence-electron chi connectivity index (χ2n) is 6.71. The summed E-state index contributed by atoms with van der Waals surface area (Å²) in [6.07, 6.45) is 1.02. The van der Waals surface area contributed by atoms with Crippen LogP contribution in [-0.2, 0) is 4.79 Å². The molecule has 1 aromatic carbocycles. The van der Waals surface area contributed by atoms with Gasteiger partial charge in [-0.05, 0) is 45.2 Å². The van der Waals surface area contributed by atoms with Crippen molar-refractivity contribution in [2.75, 3.05) is 18.5 Å². The molecule has 4 nitrogen and oxygen atoms in total. The normalized spacial score (nSPS) is 11.5. The number of carbonyl (C=O) groups excluding carboxylic acids is 1. The van der Waals surface area contributed by atoms with Crippen molar-refractivity contribution in [2.45, 2.75) is 46.6 Å². The molecule has 0 fully saturated rings. The van der Waals surface area contributed by atoms with Crippen LogP contribution in [0.2, 0.25) is 0 Å². The first-order chi connectivity index (χ1) is 9.76. The summed E-state index contributed by atoms with van der Waals surface area (Å²) in [5.41, 5.74) is 0.692. The van der Waals surface area contributed by atoms with E-state index in [4.69, 9.17) is 4.74 Å². The van der Waals surface area contributed by atoms with Crippen LogP contribution < -0.4 is 15.4 Å². The van der Waals surface area contributed by atoms with E-state index in [-0.39, 0.29) is 11.4 Å². The Kier molecular flexibility index (Phi) is 6.69. The minimum Gasteiger partial charge on any atom is -0.494 e. The average molecular weight is 292 g/mol. The second kappa shape index (κ2) is 8.03. The number of ether oxygens (including phenoxy) is 1. The molecule has 0 saturated carbocycles. The summed E-state index contributed by atoms with van der Waals surface area (Å²) >= 11 is 0. The number of nitrogens with one attached hydrogen (secondary N) is 2. The maximum Gasteiger partial charge on any atom is 0.238 e. The molecule has 1 amide bonds. The zero-order valence-corrected chi connectivity index (χ0v) is 13.8. The van der Waals surface area contributed by atoms with Gasteiger partial charge in [-0.3, -0.25) is 4.79 Å². The Balaban J connectivity index is 2.46. The molecule has 1 aromatic rings. The summed E-state index contributed by atoms with van der Waals surface area (Å²) in [4.78, 5) is 11.9. The van der Waals surface area contributed by atoms with Crippen molar-refractivity contribution in [3.05, 3.63) is 24.3 Å². The van der Waals surface area contributed by atoms with Crippen LogP contribution in [-0.4, -0.2) is 24.6 Å². The molecule has 0 aliphatic rings. The van der Waals surface area contributed by atoms with E-state index < -0.39 is 0 Å². The molecular formula is C17H28N2O2. The Morgan fingerprint density at radius 2 is 2.00 bits per heavy atom. The van der Waals surface area contributed by atoms with Crippen LogP contribution in [0, 0.1) is 5.92 Å². The molecule has 118 valence electrons. The summed E-state index contributed by atoms with van der Waals surface area (Å²) in [6, 6.07) is 7.51. The Bertz CT molecular complexity index is 450. The van der Waals surface area contributed by atoms with E-state index in [0.29, 0.717) is 19.1 Å². The van der Waals surface area contributed by atoms with Gasteiger partial charge in [0, 0.05) is 17.3 Å². The fourth-order valence-corrected chi connectivity index (χ4v) is 1.63. The second-order valence-corrected chi connectivity index (χ2v) is 6.71. The molecule has 1 rings (SSSR count). The van der Waals surface area contributed by atoms with Gasteiger partial charge in [0.25, 0.3) is 0 Å². The topological polar surface area (TPSA) is 50.4 Å². The zero-order valence-electron chi connectivity index (χ0n) is 13.8. The van der Waals surface area contributed by atoms with Crippen molar-refractivity contribution >= 4 is 11.6 Å². The van der Waals surface area contributed by atoms with E-state index in [1.165, 1.54) is 0 Å². The van der Waals surface area contributed by atoms with Gasteiger partial charge in [-0.15, -0.1) is 0 Å². The molecule has 0 unspecified atom stereocenters. The highest BCUT2D eigenvalue weighted by molar-refractivity contribution is 5.92. The summed E-state index contributed by atoms with van der Waals surface area (Å²) in [5.74, 6) is 1.36. The van der Waals surface area contributed by atoms with Gasteiger partial charge in [0.1, 0.15) is 5.75 Å². The summed E-state index contributed by atoms with van der Waals surface area (Å²) in [5, 5.41) is 6.03. The molecule has 0 atom stereocenters. The first-order valence-electron chi connectivity index (χ1n) is 7.54. The van der Waals surface area contributed by atoms with Crippen LogP contribution in [0.3, 0.4) is 0 Å². The first-order valence-corrected chi connectivity index (χ1v) is 7.54. The van der Waals surface area contributed by atoms with Gasteiger partial charge in [0.15, 0.2) is 0 Å². The van der Waals surface area contributed by atoms with Gasteiger partial charge in [0.05, 0.1) is 13.2 Å². The third-order valence-electron chi connectivity index (χ3n) is 2.86. The average Bonchev–Trinajstić information content (AvgIpc) is 2.36. The van der Waals surface area contributed by atoms with Crippen LogP contribution in [0.5, 0.6) is 5.75 Å². The van der Waals surface area contributed by atoms with Crippen molar-refractivity contribution in [1.82, 2.24) is 5.32 Å². The lowest BCUT2D eigenvalue weighted by molar-refractivity contribution is -0.115. The van der Waals surface area contributed by atoms with Gasteiger partial charge in [-0.1, -0.05) is 19.9 Å². The highest BCUT2D eigenvalue weighted by Crippen LogP contribution is 2.18. The van der Waals surface area contributed by atoms with Crippen molar-refractivity contribution in [1.29, 1.82) is 0 Å². The third kappa shape index (κ3) is 8.35. The number of anilines is 1. The largest absolute Gasteiger partial charge is 0.494 e. The fourth-order valence-electron chi connectivity index (χ4n) is 1.63. The molecule has 0 aliphatic heterocycles. The van der Waals surface area contributed by atoms with Gasteiger partial charge in [0.2, 0.25) is 5.91 Å². The quantitative estimate of drug-likeness (QED) is 0.809. The molecule has 0 spiro atoms. The van der Waals surface area contributed by atoms with E-state index in [1.54, 1.807) is 0 Å². The monoisotopic (exact) mass is 292 g/mol. The molecule has 0 aliphatic carbocycles. The van der Waals surface area contributed by atoms with Crippen LogP contribution in [0.15, 0.2) is 24.3 Å². The van der Waals surface area contributed by atoms with Gasteiger partial charge in [-0.2, -0.15) is 0 Å². The predicted molar refractivity (Wildman–Crippen MR) is 87.8 cm³/mol. The Morgan fingerprint density at radius 3 is 2.62 bits per heavy atom. The number of hydrogen-bond donors (Lipinski definition) is 2. The standard InChI is InChI=1S/C17H28N2O2/c1-13(2)9-10-21-15-8-6-7-14(11-15)19-16(20)12-18-17(3,4)5/h6-8,11,13,18H,9-10,12H2,1-5H3,(H,19,20). The highest BCUT2D eigenvalue weighted by atomic mass is 16.5. The lowest BCUT2D eigenvalue weighted by atomic mass is 10.1. The molecule has 0 saturated heterocycles. The SMILES string of the molecule is CC(C)CCOc1cccc(NC(=O)CNC(C)(C)C)c1.